The van der Waals surface area contributed by atoms with Crippen LogP contribution in [0.5, 0.6) is 0 Å². The lowest BCUT2D eigenvalue weighted by Crippen LogP contribution is -2.52. The number of rotatable bonds is 9. The van der Waals surface area contributed by atoms with Crippen LogP contribution in [-0.4, -0.2) is 53.5 Å². The largest absolute Gasteiger partial charge is 0.479 e. The average molecular weight is 440 g/mol. The third-order valence-electron chi connectivity index (χ3n) is 5.87. The number of aliphatic carboxylic acids is 1. The first-order valence-electron chi connectivity index (χ1n) is 10.6. The van der Waals surface area contributed by atoms with Gasteiger partial charge in [-0.3, -0.25) is 4.79 Å². The highest BCUT2D eigenvalue weighted by Crippen LogP contribution is 2.44. The van der Waals surface area contributed by atoms with Gasteiger partial charge in [-0.15, -0.1) is 0 Å². The van der Waals surface area contributed by atoms with Gasteiger partial charge < -0.3 is 25.6 Å². The maximum Gasteiger partial charge on any atom is 0.407 e. The molecule has 3 rings (SSSR count). The summed E-state index contributed by atoms with van der Waals surface area (Å²) in [6.45, 7) is 3.33. The minimum Gasteiger partial charge on any atom is -0.479 e. The van der Waals surface area contributed by atoms with Crippen LogP contribution in [0.1, 0.15) is 37.3 Å². The minimum atomic E-state index is -1.72. The Hall–Kier alpha value is -3.39. The smallest absolute Gasteiger partial charge is 0.407 e. The summed E-state index contributed by atoms with van der Waals surface area (Å²) in [5, 5.41) is 23.1. The average Bonchev–Trinajstić information content (AvgIpc) is 3.12. The Morgan fingerprint density at radius 2 is 1.59 bits per heavy atom. The summed E-state index contributed by atoms with van der Waals surface area (Å²) in [6, 6.07) is 15.1. The van der Waals surface area contributed by atoms with Gasteiger partial charge >= 0.3 is 12.1 Å². The molecule has 3 unspecified atom stereocenters. The van der Waals surface area contributed by atoms with E-state index in [1.165, 1.54) is 0 Å². The summed E-state index contributed by atoms with van der Waals surface area (Å²) in [6.07, 6.45) is -1.85. The van der Waals surface area contributed by atoms with E-state index in [0.717, 1.165) is 22.3 Å². The highest BCUT2D eigenvalue weighted by atomic mass is 16.5. The van der Waals surface area contributed by atoms with E-state index in [-0.39, 0.29) is 18.4 Å². The van der Waals surface area contributed by atoms with Crippen LogP contribution in [0, 0.1) is 5.92 Å². The second-order valence-electron chi connectivity index (χ2n) is 7.93. The maximum absolute atomic E-state index is 12.5. The maximum atomic E-state index is 12.5. The Balaban J connectivity index is 1.64. The van der Waals surface area contributed by atoms with Gasteiger partial charge in [0.2, 0.25) is 5.91 Å². The Morgan fingerprint density at radius 3 is 2.12 bits per heavy atom. The standard InChI is InChI=1S/C24H28N2O6/c1-3-14(2)21(22(28)25-12-20(27)23(29)30)26-24(31)32-13-19-17-10-6-4-8-15(17)16-9-5-7-11-18(16)19/h4-11,14,19-21,27H,3,12-13H2,1-2H3,(H,25,28)(H,26,31)(H,29,30). The van der Waals surface area contributed by atoms with Crippen molar-refractivity contribution in [2.24, 2.45) is 5.92 Å². The number of aliphatic hydroxyl groups excluding tert-OH is 1. The van der Waals surface area contributed by atoms with Crippen molar-refractivity contribution in [3.05, 3.63) is 59.7 Å². The van der Waals surface area contributed by atoms with Crippen LogP contribution in [0.25, 0.3) is 11.1 Å². The summed E-state index contributed by atoms with van der Waals surface area (Å²) in [7, 11) is 0. The normalized spacial score (nSPS) is 15.1. The van der Waals surface area contributed by atoms with Crippen LogP contribution in [0.2, 0.25) is 0 Å². The molecule has 2 aromatic carbocycles. The van der Waals surface area contributed by atoms with Crippen molar-refractivity contribution < 1.29 is 29.3 Å². The lowest BCUT2D eigenvalue weighted by molar-refractivity contribution is -0.146. The highest BCUT2D eigenvalue weighted by Gasteiger charge is 2.31. The number of benzene rings is 2. The van der Waals surface area contributed by atoms with Gasteiger partial charge in [0.05, 0.1) is 6.54 Å². The number of aliphatic hydroxyl groups is 1. The zero-order valence-corrected chi connectivity index (χ0v) is 18.1. The van der Waals surface area contributed by atoms with Crippen LogP contribution in [0.15, 0.2) is 48.5 Å². The number of carbonyl (C=O) groups excluding carboxylic acids is 2. The van der Waals surface area contributed by atoms with Crippen molar-refractivity contribution in [1.82, 2.24) is 10.6 Å². The molecule has 3 atom stereocenters. The second kappa shape index (κ2) is 10.3. The third-order valence-corrected chi connectivity index (χ3v) is 5.87. The van der Waals surface area contributed by atoms with E-state index in [0.29, 0.717) is 6.42 Å². The zero-order valence-electron chi connectivity index (χ0n) is 18.1. The first-order chi connectivity index (χ1) is 15.3. The number of fused-ring (bicyclic) bond motifs is 3. The Labute approximate surface area is 186 Å². The molecule has 4 N–H and O–H groups in total. The number of carbonyl (C=O) groups is 3. The van der Waals surface area contributed by atoms with E-state index in [2.05, 4.69) is 10.6 Å². The predicted octanol–water partition coefficient (Wildman–Crippen LogP) is 2.50. The first-order valence-corrected chi connectivity index (χ1v) is 10.6. The second-order valence-corrected chi connectivity index (χ2v) is 7.93. The van der Waals surface area contributed by atoms with E-state index in [1.807, 2.05) is 55.5 Å². The molecule has 0 heterocycles. The SMILES string of the molecule is CCC(C)C(NC(=O)OCC1c2ccccc2-c2ccccc21)C(=O)NCC(O)C(=O)O. The van der Waals surface area contributed by atoms with Crippen molar-refractivity contribution >= 4 is 18.0 Å². The van der Waals surface area contributed by atoms with Crippen molar-refractivity contribution in [3.63, 3.8) is 0 Å². The summed E-state index contributed by atoms with van der Waals surface area (Å²) >= 11 is 0. The fourth-order valence-corrected chi connectivity index (χ4v) is 3.86. The fourth-order valence-electron chi connectivity index (χ4n) is 3.86. The molecule has 0 radical (unpaired) electrons. The lowest BCUT2D eigenvalue weighted by Gasteiger charge is -2.24. The quantitative estimate of drug-likeness (QED) is 0.475. The van der Waals surface area contributed by atoms with Gasteiger partial charge in [-0.05, 0) is 28.2 Å². The molecule has 1 aliphatic carbocycles. The molecule has 1 aliphatic rings. The molecular formula is C24H28N2O6. The van der Waals surface area contributed by atoms with Gasteiger partial charge in [-0.25, -0.2) is 9.59 Å². The van der Waals surface area contributed by atoms with Crippen molar-refractivity contribution in [2.75, 3.05) is 13.2 Å². The van der Waals surface area contributed by atoms with Gasteiger partial charge in [0.25, 0.3) is 0 Å². The van der Waals surface area contributed by atoms with Crippen molar-refractivity contribution in [2.45, 2.75) is 38.3 Å². The summed E-state index contributed by atoms with van der Waals surface area (Å²) < 4.78 is 5.51. The minimum absolute atomic E-state index is 0.102. The van der Waals surface area contributed by atoms with E-state index in [4.69, 9.17) is 9.84 Å². The van der Waals surface area contributed by atoms with E-state index >= 15 is 0 Å². The number of carboxylic acid groups (broad SMARTS) is 1. The van der Waals surface area contributed by atoms with E-state index in [1.54, 1.807) is 6.92 Å². The van der Waals surface area contributed by atoms with Crippen LogP contribution < -0.4 is 10.6 Å². The molecule has 8 heteroatoms. The number of hydrogen-bond acceptors (Lipinski definition) is 5. The van der Waals surface area contributed by atoms with Gasteiger partial charge in [-0.1, -0.05) is 68.8 Å². The molecule has 0 saturated heterocycles. The topological polar surface area (TPSA) is 125 Å². The van der Waals surface area contributed by atoms with Crippen molar-refractivity contribution in [3.8, 4) is 11.1 Å². The summed E-state index contributed by atoms with van der Waals surface area (Å²) in [4.78, 5) is 35.8. The fraction of sp³-hybridized carbons (Fsp3) is 0.375. The summed E-state index contributed by atoms with van der Waals surface area (Å²) in [5.74, 6) is -2.34. The molecule has 32 heavy (non-hydrogen) atoms. The molecule has 0 spiro atoms. The highest BCUT2D eigenvalue weighted by molar-refractivity contribution is 5.86. The molecule has 8 nitrogen and oxygen atoms in total. The van der Waals surface area contributed by atoms with Gasteiger partial charge in [0, 0.05) is 5.92 Å². The van der Waals surface area contributed by atoms with Gasteiger partial charge in [0.1, 0.15) is 12.6 Å². The van der Waals surface area contributed by atoms with Gasteiger partial charge in [0.15, 0.2) is 6.10 Å². The molecule has 170 valence electrons. The zero-order chi connectivity index (χ0) is 23.3. The van der Waals surface area contributed by atoms with Crippen molar-refractivity contribution in [1.29, 1.82) is 0 Å². The Kier molecular flexibility index (Phi) is 7.48. The molecule has 0 fully saturated rings. The molecule has 0 aromatic heterocycles. The van der Waals surface area contributed by atoms with Crippen LogP contribution in [0.3, 0.4) is 0 Å². The van der Waals surface area contributed by atoms with Crippen LogP contribution in [0.4, 0.5) is 4.79 Å². The number of hydrogen-bond donors (Lipinski definition) is 4. The number of amides is 2. The van der Waals surface area contributed by atoms with E-state index in [9.17, 15) is 19.5 Å². The predicted molar refractivity (Wildman–Crippen MR) is 118 cm³/mol. The lowest BCUT2D eigenvalue weighted by atomic mass is 9.98. The number of nitrogens with one attached hydrogen (secondary N) is 2. The number of carboxylic acids is 1. The molecular weight excluding hydrogens is 412 g/mol. The Bertz CT molecular complexity index is 946. The van der Waals surface area contributed by atoms with Crippen LogP contribution in [-0.2, 0) is 14.3 Å². The molecule has 0 saturated carbocycles. The van der Waals surface area contributed by atoms with Gasteiger partial charge in [-0.2, -0.15) is 0 Å². The molecule has 0 aliphatic heterocycles. The Morgan fingerprint density at radius 1 is 1.03 bits per heavy atom. The number of alkyl carbamates (subject to hydrolysis) is 1. The molecule has 0 bridgehead atoms. The summed E-state index contributed by atoms with van der Waals surface area (Å²) in [5.41, 5.74) is 4.40. The first kappa shape index (κ1) is 23.3. The monoisotopic (exact) mass is 440 g/mol. The molecule has 2 aromatic rings. The van der Waals surface area contributed by atoms with E-state index < -0.39 is 36.7 Å². The third kappa shape index (κ3) is 5.08. The van der Waals surface area contributed by atoms with Crippen LogP contribution >= 0.6 is 0 Å². The number of ether oxygens (including phenoxy) is 1. The molecule has 2 amide bonds.